The first kappa shape index (κ1) is 73.9. The van der Waals surface area contributed by atoms with Gasteiger partial charge in [-0.15, -0.1) is 0 Å². The van der Waals surface area contributed by atoms with Gasteiger partial charge in [-0.2, -0.15) is 19.9 Å². The number of hydrogen-bond acceptors (Lipinski definition) is 7. The van der Waals surface area contributed by atoms with E-state index >= 15 is 0 Å². The second-order valence-corrected chi connectivity index (χ2v) is 34.5. The Hall–Kier alpha value is -18.2. The van der Waals surface area contributed by atoms with Crippen LogP contribution in [0.5, 0.6) is 0 Å². The SMILES string of the molecule is c1ccc(-c2cccc(-n3c4ccccc4c4cc5c6ccccc6n(-c6cccc(-c7nc(-c8ccc9oc%10cc(-c%11ccc(-c%12ccccc%12-n%12c%13ccccc%13c%13cc%14c%15ccccc%15n(-c%15cccc(-c%16nc(-c%17ccccc%17)nc(-n%17c%18ccccc%18c%18ccccc%18%17)n%16)c%15)c%14cc%13%12)cc%11)ccc%10c9c8)nc(-n8c9ccccc9c9ccccc98)n7)c6)c5cc43)c2)cc1. The van der Waals surface area contributed by atoms with Crippen LogP contribution in [-0.4, -0.2) is 57.3 Å². The molecule has 0 N–H and O–H groups in total. The maximum atomic E-state index is 6.88. The van der Waals surface area contributed by atoms with Crippen molar-refractivity contribution >= 4 is 153 Å². The number of rotatable bonds is 13. The number of fused-ring (bicyclic) bond motifs is 21. The van der Waals surface area contributed by atoms with Crippen molar-refractivity contribution in [3.63, 3.8) is 0 Å². The zero-order chi connectivity index (χ0) is 87.0. The lowest BCUT2D eigenvalue weighted by atomic mass is 9.98. The summed E-state index contributed by atoms with van der Waals surface area (Å²) >= 11 is 0. The van der Waals surface area contributed by atoms with E-state index in [1.54, 1.807) is 0 Å². The lowest BCUT2D eigenvalue weighted by Crippen LogP contribution is -2.06. The highest BCUT2D eigenvalue weighted by atomic mass is 16.3. The van der Waals surface area contributed by atoms with Gasteiger partial charge in [0.2, 0.25) is 11.9 Å². The molecule has 0 bridgehead atoms. The molecule has 0 radical (unpaired) electrons. The Labute approximate surface area is 759 Å². The third kappa shape index (κ3) is 11.6. The minimum atomic E-state index is 0.512. The van der Waals surface area contributed by atoms with Crippen molar-refractivity contribution in [1.29, 1.82) is 0 Å². The predicted molar refractivity (Wildman–Crippen MR) is 545 cm³/mol. The first-order valence-corrected chi connectivity index (χ1v) is 45.0. The van der Waals surface area contributed by atoms with Crippen molar-refractivity contribution in [2.24, 2.45) is 0 Å². The first-order valence-electron chi connectivity index (χ1n) is 45.0. The largest absolute Gasteiger partial charge is 0.456 e. The number of para-hydroxylation sites is 9. The molecule has 0 unspecified atom stereocenters. The molecule has 28 rings (SSSR count). The van der Waals surface area contributed by atoms with Crippen LogP contribution in [0.3, 0.4) is 0 Å². The van der Waals surface area contributed by atoms with Crippen molar-refractivity contribution in [3.8, 4) is 114 Å². The topological polar surface area (TPSA) is 120 Å². The van der Waals surface area contributed by atoms with E-state index in [1.807, 2.05) is 18.2 Å². The van der Waals surface area contributed by atoms with Crippen LogP contribution in [0.15, 0.2) is 441 Å². The van der Waals surface area contributed by atoms with E-state index in [-0.39, 0.29) is 0 Å². The van der Waals surface area contributed by atoms with Crippen molar-refractivity contribution in [1.82, 2.24) is 57.3 Å². The summed E-state index contributed by atoms with van der Waals surface area (Å²) in [6.45, 7) is 0. The summed E-state index contributed by atoms with van der Waals surface area (Å²) in [6, 6.07) is 156. The van der Waals surface area contributed by atoms with Gasteiger partial charge in [0.05, 0.1) is 71.9 Å². The Kier molecular flexibility index (Phi) is 16.2. The molecule has 0 aliphatic rings. The number of furan rings is 1. The Balaban J connectivity index is 0.531. The molecule has 9 aromatic heterocycles. The average Bonchev–Trinajstić information content (AvgIpc) is 1.51. The summed E-state index contributed by atoms with van der Waals surface area (Å²) in [5.74, 6) is 3.30. The minimum absolute atomic E-state index is 0.512. The molecule has 0 amide bonds. The lowest BCUT2D eigenvalue weighted by molar-refractivity contribution is 0.669. The molecule has 9 heterocycles. The standard InChI is InChI=1S/C120H72N12O/c1-3-28-73(29-4-1)77-32-25-35-82(64-77)127-101-48-17-12-43-90(101)95-69-96-91-44-13-18-49-102(91)128(110(96)71-109(95)127)83-36-27-34-80(66-83)117-122-118(126-120(125-117)132-107-54-23-10-41-88(107)89-42-11-24-55-108(89)132)81-61-63-113-99(67-81)94-62-60-78(68-114(94)133-113)74-56-58-75(59-57-74)85-38-7-16-47-100(85)130-104-51-20-15-46-93(104)98-70-97-92-45-14-19-50-103(92)129(111(97)72-112(98)130)84-37-26-33-79(65-84)116-121-115(76-30-5-2-6-31-76)123-119(124-116)131-105-52-21-8-39-86(105)87-40-9-22-53-106(87)131/h1-72H. The monoisotopic (exact) mass is 1700 g/mol. The maximum Gasteiger partial charge on any atom is 0.238 e. The Morgan fingerprint density at radius 2 is 0.459 bits per heavy atom. The minimum Gasteiger partial charge on any atom is -0.456 e. The van der Waals surface area contributed by atoms with Gasteiger partial charge in [-0.05, 0) is 173 Å². The van der Waals surface area contributed by atoms with Crippen LogP contribution < -0.4 is 0 Å². The Morgan fingerprint density at radius 1 is 0.150 bits per heavy atom. The van der Waals surface area contributed by atoms with E-state index in [9.17, 15) is 0 Å². The summed E-state index contributed by atoms with van der Waals surface area (Å²) in [5.41, 5.74) is 28.6. The van der Waals surface area contributed by atoms with Crippen molar-refractivity contribution in [3.05, 3.63) is 437 Å². The molecule has 13 nitrogen and oxygen atoms in total. The van der Waals surface area contributed by atoms with Gasteiger partial charge in [0.25, 0.3) is 0 Å². The van der Waals surface area contributed by atoms with Gasteiger partial charge in [0, 0.05) is 120 Å². The molecule has 133 heavy (non-hydrogen) atoms. The molecule has 0 aliphatic carbocycles. The molecule has 0 aliphatic heterocycles. The fourth-order valence-electron chi connectivity index (χ4n) is 21.1. The Morgan fingerprint density at radius 3 is 0.910 bits per heavy atom. The maximum absolute atomic E-state index is 6.88. The Bertz CT molecular complexity index is 9640. The number of hydrogen-bond donors (Lipinski definition) is 0. The van der Waals surface area contributed by atoms with Crippen molar-refractivity contribution in [2.75, 3.05) is 0 Å². The summed E-state index contributed by atoms with van der Waals surface area (Å²) in [7, 11) is 0. The normalized spacial score (nSPS) is 12.1. The highest BCUT2D eigenvalue weighted by molar-refractivity contribution is 6.22. The molecule has 0 spiro atoms. The van der Waals surface area contributed by atoms with Gasteiger partial charge in [-0.3, -0.25) is 9.13 Å². The summed E-state index contributed by atoms with van der Waals surface area (Å²) in [4.78, 5) is 32.4. The molecule has 0 saturated carbocycles. The summed E-state index contributed by atoms with van der Waals surface area (Å²) < 4.78 is 20.9. The van der Waals surface area contributed by atoms with Gasteiger partial charge in [-0.1, -0.05) is 291 Å². The van der Waals surface area contributed by atoms with Crippen molar-refractivity contribution < 1.29 is 4.42 Å². The summed E-state index contributed by atoms with van der Waals surface area (Å²) in [6.07, 6.45) is 0. The highest BCUT2D eigenvalue weighted by Crippen LogP contribution is 2.47. The zero-order valence-electron chi connectivity index (χ0n) is 71.3. The van der Waals surface area contributed by atoms with Crippen molar-refractivity contribution in [2.45, 2.75) is 0 Å². The highest BCUT2D eigenvalue weighted by Gasteiger charge is 2.27. The zero-order valence-corrected chi connectivity index (χ0v) is 71.3. The molecule has 13 heteroatoms. The second kappa shape index (κ2) is 29.2. The van der Waals surface area contributed by atoms with Crippen LogP contribution in [0, 0.1) is 0 Å². The smallest absolute Gasteiger partial charge is 0.238 e. The molecular weight excluding hydrogens is 1630 g/mol. The van der Waals surface area contributed by atoms with Gasteiger partial charge in [0.15, 0.2) is 23.3 Å². The van der Waals surface area contributed by atoms with Crippen LogP contribution in [0.4, 0.5) is 0 Å². The number of aromatic nitrogens is 12. The fourth-order valence-corrected chi connectivity index (χ4v) is 21.1. The molecule has 0 atom stereocenters. The van der Waals surface area contributed by atoms with Crippen LogP contribution in [0.1, 0.15) is 0 Å². The van der Waals surface area contributed by atoms with E-state index in [2.05, 4.69) is 446 Å². The van der Waals surface area contributed by atoms with E-state index < -0.39 is 0 Å². The predicted octanol–water partition coefficient (Wildman–Crippen LogP) is 30.2. The van der Waals surface area contributed by atoms with Gasteiger partial charge < -0.3 is 22.7 Å². The summed E-state index contributed by atoms with van der Waals surface area (Å²) in [5, 5.41) is 15.8. The third-order valence-electron chi connectivity index (χ3n) is 27.1. The number of nitrogens with zero attached hydrogens (tertiary/aromatic N) is 12. The number of benzene rings is 19. The molecule has 0 fully saturated rings. The average molecular weight is 1700 g/mol. The van der Waals surface area contributed by atoms with E-state index in [0.29, 0.717) is 35.2 Å². The van der Waals surface area contributed by atoms with Gasteiger partial charge >= 0.3 is 0 Å². The molecule has 19 aromatic carbocycles. The first-order chi connectivity index (χ1) is 65.9. The van der Waals surface area contributed by atoms with Crippen LogP contribution >= 0.6 is 0 Å². The second-order valence-electron chi connectivity index (χ2n) is 34.5. The molecule has 28 aromatic rings. The van der Waals surface area contributed by atoms with E-state index in [0.717, 1.165) is 193 Å². The molecule has 618 valence electrons. The lowest BCUT2D eigenvalue weighted by Gasteiger charge is -2.15. The fraction of sp³-hybridized carbons (Fsp3) is 0. The van der Waals surface area contributed by atoms with E-state index in [1.165, 1.54) is 37.9 Å². The van der Waals surface area contributed by atoms with E-state index in [4.69, 9.17) is 34.3 Å². The molecular formula is C120H72N12O. The van der Waals surface area contributed by atoms with Gasteiger partial charge in [0.1, 0.15) is 11.2 Å². The quantitative estimate of drug-likeness (QED) is 0.113. The molecule has 0 saturated heterocycles. The van der Waals surface area contributed by atoms with Gasteiger partial charge in [-0.25, -0.2) is 9.97 Å². The van der Waals surface area contributed by atoms with Crippen LogP contribution in [0.25, 0.3) is 266 Å². The third-order valence-corrected chi connectivity index (χ3v) is 27.1. The van der Waals surface area contributed by atoms with Crippen LogP contribution in [-0.2, 0) is 0 Å². The van der Waals surface area contributed by atoms with Crippen LogP contribution in [0.2, 0.25) is 0 Å².